The lowest BCUT2D eigenvalue weighted by atomic mass is 9.91. The molecule has 1 heterocycles. The van der Waals surface area contributed by atoms with Crippen molar-refractivity contribution in [1.29, 1.82) is 0 Å². The molecular formula is C18H32N2O2. The van der Waals surface area contributed by atoms with Crippen LogP contribution in [0.25, 0.3) is 0 Å². The summed E-state index contributed by atoms with van der Waals surface area (Å²) < 4.78 is 0. The molecule has 4 heteroatoms. The van der Waals surface area contributed by atoms with Crippen LogP contribution in [0.3, 0.4) is 0 Å². The van der Waals surface area contributed by atoms with Crippen LogP contribution >= 0.6 is 0 Å². The number of aliphatic hydroxyl groups excluding tert-OH is 1. The molecule has 22 heavy (non-hydrogen) atoms. The van der Waals surface area contributed by atoms with E-state index in [0.29, 0.717) is 11.9 Å². The zero-order valence-corrected chi connectivity index (χ0v) is 13.9. The van der Waals surface area contributed by atoms with E-state index in [1.165, 1.54) is 32.1 Å². The highest BCUT2D eigenvalue weighted by Gasteiger charge is 2.31. The van der Waals surface area contributed by atoms with Crippen molar-refractivity contribution in [3.05, 3.63) is 0 Å². The second-order valence-corrected chi connectivity index (χ2v) is 7.53. The summed E-state index contributed by atoms with van der Waals surface area (Å²) in [4.78, 5) is 16.8. The highest BCUT2D eigenvalue weighted by molar-refractivity contribution is 5.76. The summed E-state index contributed by atoms with van der Waals surface area (Å²) >= 11 is 0. The van der Waals surface area contributed by atoms with Gasteiger partial charge in [0.25, 0.3) is 0 Å². The fraction of sp³-hybridized carbons (Fsp3) is 0.944. The van der Waals surface area contributed by atoms with Gasteiger partial charge in [0.05, 0.1) is 6.10 Å². The van der Waals surface area contributed by atoms with Crippen molar-refractivity contribution in [2.24, 2.45) is 5.92 Å². The van der Waals surface area contributed by atoms with Crippen molar-refractivity contribution in [3.63, 3.8) is 0 Å². The molecule has 0 spiro atoms. The molecule has 0 aromatic heterocycles. The third-order valence-corrected chi connectivity index (χ3v) is 6.07. The normalized spacial score (nSPS) is 31.6. The standard InChI is InChI=1S/C18H32N2O2/c21-17-8-4-3-7-16(17)19-11-13-20(14-12-19)18(22)10-9-15-5-1-2-6-15/h15-17,21H,1-14H2. The van der Waals surface area contributed by atoms with E-state index in [1.807, 2.05) is 0 Å². The topological polar surface area (TPSA) is 43.8 Å². The minimum Gasteiger partial charge on any atom is -0.391 e. The predicted molar refractivity (Wildman–Crippen MR) is 87.6 cm³/mol. The summed E-state index contributed by atoms with van der Waals surface area (Å²) in [7, 11) is 0. The molecule has 1 saturated heterocycles. The van der Waals surface area contributed by atoms with Crippen LogP contribution in [0.5, 0.6) is 0 Å². The zero-order chi connectivity index (χ0) is 15.4. The highest BCUT2D eigenvalue weighted by atomic mass is 16.3. The molecule has 2 atom stereocenters. The maximum Gasteiger partial charge on any atom is 0.222 e. The van der Waals surface area contributed by atoms with Gasteiger partial charge in [0.2, 0.25) is 5.91 Å². The quantitative estimate of drug-likeness (QED) is 0.867. The molecule has 1 N–H and O–H groups in total. The van der Waals surface area contributed by atoms with Crippen molar-refractivity contribution in [2.45, 2.75) is 76.4 Å². The zero-order valence-electron chi connectivity index (χ0n) is 13.9. The number of hydrogen-bond donors (Lipinski definition) is 1. The summed E-state index contributed by atoms with van der Waals surface area (Å²) in [6.45, 7) is 3.59. The van der Waals surface area contributed by atoms with Gasteiger partial charge in [-0.2, -0.15) is 0 Å². The van der Waals surface area contributed by atoms with Gasteiger partial charge >= 0.3 is 0 Å². The van der Waals surface area contributed by atoms with Crippen molar-refractivity contribution in [3.8, 4) is 0 Å². The number of aliphatic hydroxyl groups is 1. The van der Waals surface area contributed by atoms with E-state index >= 15 is 0 Å². The molecule has 2 saturated carbocycles. The molecule has 3 aliphatic rings. The van der Waals surface area contributed by atoms with E-state index in [9.17, 15) is 9.90 Å². The Bertz CT molecular complexity index is 360. The number of piperazine rings is 1. The van der Waals surface area contributed by atoms with E-state index in [4.69, 9.17) is 0 Å². The molecule has 1 amide bonds. The van der Waals surface area contributed by atoms with Crippen molar-refractivity contribution < 1.29 is 9.90 Å². The summed E-state index contributed by atoms with van der Waals surface area (Å²) in [5.41, 5.74) is 0. The van der Waals surface area contributed by atoms with Crippen molar-refractivity contribution >= 4 is 5.91 Å². The van der Waals surface area contributed by atoms with Gasteiger partial charge in [0.15, 0.2) is 0 Å². The monoisotopic (exact) mass is 308 g/mol. The fourth-order valence-corrected chi connectivity index (χ4v) is 4.61. The molecular weight excluding hydrogens is 276 g/mol. The van der Waals surface area contributed by atoms with Crippen LogP contribution in [-0.4, -0.2) is 59.1 Å². The smallest absolute Gasteiger partial charge is 0.222 e. The van der Waals surface area contributed by atoms with Gasteiger partial charge in [0.1, 0.15) is 0 Å². The number of amides is 1. The van der Waals surface area contributed by atoms with Crippen LogP contribution in [0, 0.1) is 5.92 Å². The Labute approximate surface area is 134 Å². The third kappa shape index (κ3) is 4.02. The largest absolute Gasteiger partial charge is 0.391 e. The Morgan fingerprint density at radius 2 is 1.55 bits per heavy atom. The maximum absolute atomic E-state index is 12.4. The van der Waals surface area contributed by atoms with E-state index in [2.05, 4.69) is 9.80 Å². The fourth-order valence-electron chi connectivity index (χ4n) is 4.61. The van der Waals surface area contributed by atoms with Gasteiger partial charge in [-0.3, -0.25) is 9.69 Å². The van der Waals surface area contributed by atoms with Gasteiger partial charge < -0.3 is 10.0 Å². The first-order chi connectivity index (χ1) is 10.7. The lowest BCUT2D eigenvalue weighted by Gasteiger charge is -2.42. The number of nitrogens with zero attached hydrogens (tertiary/aromatic N) is 2. The van der Waals surface area contributed by atoms with Crippen molar-refractivity contribution in [1.82, 2.24) is 9.80 Å². The Morgan fingerprint density at radius 3 is 2.23 bits per heavy atom. The van der Waals surface area contributed by atoms with Crippen LogP contribution in [0.2, 0.25) is 0 Å². The molecule has 0 bridgehead atoms. The van der Waals surface area contributed by atoms with Gasteiger partial charge in [-0.15, -0.1) is 0 Å². The molecule has 126 valence electrons. The molecule has 0 aromatic rings. The molecule has 0 aromatic carbocycles. The van der Waals surface area contributed by atoms with Crippen LogP contribution in [0.1, 0.15) is 64.2 Å². The summed E-state index contributed by atoms with van der Waals surface area (Å²) in [5, 5.41) is 10.2. The van der Waals surface area contributed by atoms with Crippen LogP contribution < -0.4 is 0 Å². The number of hydrogen-bond acceptors (Lipinski definition) is 3. The summed E-state index contributed by atoms with van der Waals surface area (Å²) in [6.07, 6.45) is 11.6. The minimum atomic E-state index is -0.154. The average molecular weight is 308 g/mol. The average Bonchev–Trinajstić information content (AvgIpc) is 3.07. The Kier molecular flexibility index (Phi) is 5.75. The molecule has 2 aliphatic carbocycles. The van der Waals surface area contributed by atoms with E-state index in [-0.39, 0.29) is 6.10 Å². The van der Waals surface area contributed by atoms with Gasteiger partial charge in [0, 0.05) is 38.6 Å². The number of carbonyl (C=O) groups excluding carboxylic acids is 1. The number of rotatable bonds is 4. The summed E-state index contributed by atoms with van der Waals surface area (Å²) in [6, 6.07) is 0.337. The Morgan fingerprint density at radius 1 is 0.909 bits per heavy atom. The van der Waals surface area contributed by atoms with Gasteiger partial charge in [-0.25, -0.2) is 0 Å². The maximum atomic E-state index is 12.4. The molecule has 1 aliphatic heterocycles. The van der Waals surface area contributed by atoms with E-state index in [0.717, 1.165) is 64.2 Å². The molecule has 4 nitrogen and oxygen atoms in total. The Balaban J connectivity index is 1.39. The first-order valence-electron chi connectivity index (χ1n) is 9.44. The first-order valence-corrected chi connectivity index (χ1v) is 9.44. The van der Waals surface area contributed by atoms with Crippen LogP contribution in [0.15, 0.2) is 0 Å². The minimum absolute atomic E-state index is 0.154. The van der Waals surface area contributed by atoms with Crippen molar-refractivity contribution in [2.75, 3.05) is 26.2 Å². The highest BCUT2D eigenvalue weighted by Crippen LogP contribution is 2.29. The SMILES string of the molecule is O=C(CCC1CCCC1)N1CCN(C2CCCCC2O)CC1. The Hall–Kier alpha value is -0.610. The lowest BCUT2D eigenvalue weighted by molar-refractivity contribution is -0.134. The first kappa shape index (κ1) is 16.3. The summed E-state index contributed by atoms with van der Waals surface area (Å²) in [5.74, 6) is 1.17. The number of carbonyl (C=O) groups is 1. The second kappa shape index (κ2) is 7.78. The second-order valence-electron chi connectivity index (χ2n) is 7.53. The molecule has 3 fully saturated rings. The molecule has 0 radical (unpaired) electrons. The van der Waals surface area contributed by atoms with Gasteiger partial charge in [-0.05, 0) is 25.2 Å². The third-order valence-electron chi connectivity index (χ3n) is 6.07. The van der Waals surface area contributed by atoms with E-state index in [1.54, 1.807) is 0 Å². The molecule has 2 unspecified atom stereocenters. The predicted octanol–water partition coefficient (Wildman–Crippen LogP) is 2.40. The molecule has 3 rings (SSSR count). The van der Waals surface area contributed by atoms with Crippen LogP contribution in [0.4, 0.5) is 0 Å². The van der Waals surface area contributed by atoms with E-state index < -0.39 is 0 Å². The van der Waals surface area contributed by atoms with Gasteiger partial charge in [-0.1, -0.05) is 38.5 Å². The van der Waals surface area contributed by atoms with Crippen LogP contribution in [-0.2, 0) is 4.79 Å². The lowest BCUT2D eigenvalue weighted by Crippen LogP contribution is -2.55.